The summed E-state index contributed by atoms with van der Waals surface area (Å²) in [5, 5.41) is 0. The monoisotopic (exact) mass is 236 g/mol. The van der Waals surface area contributed by atoms with Crippen LogP contribution < -0.4 is 5.69 Å². The van der Waals surface area contributed by atoms with Gasteiger partial charge in [0.2, 0.25) is 0 Å². The molecule has 1 fully saturated rings. The third-order valence-electron chi connectivity index (χ3n) is 3.57. The summed E-state index contributed by atoms with van der Waals surface area (Å²) in [4.78, 5) is 11.9. The van der Waals surface area contributed by atoms with Gasteiger partial charge in [-0.3, -0.25) is 9.13 Å². The van der Waals surface area contributed by atoms with Gasteiger partial charge in [-0.1, -0.05) is 39.0 Å². The van der Waals surface area contributed by atoms with Crippen molar-refractivity contribution in [1.29, 1.82) is 0 Å². The molecule has 1 saturated carbocycles. The Bertz CT molecular complexity index is 387. The van der Waals surface area contributed by atoms with E-state index in [9.17, 15) is 4.79 Å². The van der Waals surface area contributed by atoms with E-state index in [0.717, 1.165) is 13.0 Å². The van der Waals surface area contributed by atoms with Crippen molar-refractivity contribution in [2.24, 2.45) is 0 Å². The van der Waals surface area contributed by atoms with E-state index in [1.807, 2.05) is 21.5 Å². The molecule has 0 saturated heterocycles. The van der Waals surface area contributed by atoms with Crippen LogP contribution >= 0.6 is 0 Å². The lowest BCUT2D eigenvalue weighted by Gasteiger charge is -2.02. The molecular formula is C14H24N2O. The van der Waals surface area contributed by atoms with Gasteiger partial charge >= 0.3 is 5.69 Å². The Morgan fingerprint density at radius 3 is 2.53 bits per heavy atom. The smallest absolute Gasteiger partial charge is 0.299 e. The minimum atomic E-state index is 0.195. The van der Waals surface area contributed by atoms with Crippen molar-refractivity contribution in [3.05, 3.63) is 22.9 Å². The van der Waals surface area contributed by atoms with E-state index < -0.39 is 0 Å². The molecule has 96 valence electrons. The molecule has 0 amide bonds. The van der Waals surface area contributed by atoms with Crippen LogP contribution in [0, 0.1) is 0 Å². The molecular weight excluding hydrogens is 212 g/mol. The first-order valence-electron chi connectivity index (χ1n) is 7.10. The second-order valence-corrected chi connectivity index (χ2v) is 5.18. The molecule has 1 heterocycles. The normalized spacial score (nSPS) is 15.4. The van der Waals surface area contributed by atoms with Crippen molar-refractivity contribution >= 4 is 0 Å². The van der Waals surface area contributed by atoms with Crippen LogP contribution in [0.15, 0.2) is 17.2 Å². The molecule has 0 radical (unpaired) electrons. The highest BCUT2D eigenvalue weighted by Crippen LogP contribution is 2.33. The van der Waals surface area contributed by atoms with E-state index in [-0.39, 0.29) is 5.69 Å². The number of imidazole rings is 1. The van der Waals surface area contributed by atoms with Crippen LogP contribution in [0.1, 0.15) is 64.3 Å². The lowest BCUT2D eigenvalue weighted by Crippen LogP contribution is -2.23. The lowest BCUT2D eigenvalue weighted by molar-refractivity contribution is 0.540. The van der Waals surface area contributed by atoms with Gasteiger partial charge in [-0.05, 0) is 19.3 Å². The number of rotatable bonds is 8. The Hall–Kier alpha value is -0.990. The summed E-state index contributed by atoms with van der Waals surface area (Å²) in [6, 6.07) is 0.508. The molecule has 0 N–H and O–H groups in total. The molecule has 0 unspecified atom stereocenters. The summed E-state index contributed by atoms with van der Waals surface area (Å²) in [6.45, 7) is 3.13. The zero-order valence-corrected chi connectivity index (χ0v) is 10.9. The fourth-order valence-corrected chi connectivity index (χ4v) is 2.29. The van der Waals surface area contributed by atoms with Gasteiger partial charge in [0, 0.05) is 25.0 Å². The Morgan fingerprint density at radius 1 is 1.12 bits per heavy atom. The number of hydrogen-bond acceptors (Lipinski definition) is 1. The van der Waals surface area contributed by atoms with E-state index in [2.05, 4.69) is 6.92 Å². The SMILES string of the molecule is CCCCCCCCn1ccn(C2CC2)c1=O. The van der Waals surface area contributed by atoms with Gasteiger partial charge in [0.05, 0.1) is 0 Å². The molecule has 3 heteroatoms. The molecule has 0 atom stereocenters. The summed E-state index contributed by atoms with van der Waals surface area (Å²) in [6.07, 6.45) is 14.0. The van der Waals surface area contributed by atoms with Crippen LogP contribution in [-0.4, -0.2) is 9.13 Å². The summed E-state index contributed by atoms with van der Waals surface area (Å²) >= 11 is 0. The molecule has 1 aliphatic carbocycles. The fraction of sp³-hybridized carbons (Fsp3) is 0.786. The van der Waals surface area contributed by atoms with Gasteiger partial charge in [0.15, 0.2) is 0 Å². The van der Waals surface area contributed by atoms with Crippen molar-refractivity contribution in [1.82, 2.24) is 9.13 Å². The van der Waals surface area contributed by atoms with Crippen LogP contribution in [0.4, 0.5) is 0 Å². The Balaban J connectivity index is 1.70. The van der Waals surface area contributed by atoms with Crippen LogP contribution in [-0.2, 0) is 6.54 Å². The first kappa shape index (κ1) is 12.5. The van der Waals surface area contributed by atoms with Crippen LogP contribution in [0.2, 0.25) is 0 Å². The summed E-state index contributed by atoms with van der Waals surface area (Å²) in [7, 11) is 0. The number of aromatic nitrogens is 2. The minimum Gasteiger partial charge on any atom is -0.299 e. The van der Waals surface area contributed by atoms with Crippen molar-refractivity contribution in [3.63, 3.8) is 0 Å². The third kappa shape index (κ3) is 3.48. The predicted octanol–water partition coefficient (Wildman–Crippen LogP) is 3.35. The van der Waals surface area contributed by atoms with E-state index in [1.165, 1.54) is 44.9 Å². The molecule has 3 nitrogen and oxygen atoms in total. The first-order valence-corrected chi connectivity index (χ1v) is 7.10. The maximum Gasteiger partial charge on any atom is 0.328 e. The number of nitrogens with zero attached hydrogens (tertiary/aromatic N) is 2. The van der Waals surface area contributed by atoms with Crippen LogP contribution in [0.25, 0.3) is 0 Å². The van der Waals surface area contributed by atoms with Crippen LogP contribution in [0.5, 0.6) is 0 Å². The summed E-state index contributed by atoms with van der Waals surface area (Å²) in [5.41, 5.74) is 0.195. The van der Waals surface area contributed by atoms with Gasteiger partial charge in [-0.2, -0.15) is 0 Å². The quantitative estimate of drug-likeness (QED) is 0.636. The number of hydrogen-bond donors (Lipinski definition) is 0. The maximum absolute atomic E-state index is 11.9. The molecule has 2 rings (SSSR count). The fourth-order valence-electron chi connectivity index (χ4n) is 2.29. The Kier molecular flexibility index (Phi) is 4.46. The van der Waals surface area contributed by atoms with Gasteiger partial charge in [0.1, 0.15) is 0 Å². The van der Waals surface area contributed by atoms with Gasteiger partial charge in [0.25, 0.3) is 0 Å². The third-order valence-corrected chi connectivity index (χ3v) is 3.57. The molecule has 1 aromatic heterocycles. The largest absolute Gasteiger partial charge is 0.328 e. The molecule has 17 heavy (non-hydrogen) atoms. The van der Waals surface area contributed by atoms with Crippen molar-refractivity contribution < 1.29 is 0 Å². The molecule has 0 spiro atoms. The molecule has 0 aromatic carbocycles. The average molecular weight is 236 g/mol. The average Bonchev–Trinajstić information content (AvgIpc) is 3.10. The topological polar surface area (TPSA) is 26.9 Å². The zero-order chi connectivity index (χ0) is 12.1. The molecule has 0 aliphatic heterocycles. The Labute approximate surface area is 103 Å². The van der Waals surface area contributed by atoms with Crippen molar-refractivity contribution in [2.75, 3.05) is 0 Å². The molecule has 0 bridgehead atoms. The van der Waals surface area contributed by atoms with Crippen molar-refractivity contribution in [2.45, 2.75) is 70.9 Å². The number of unbranched alkanes of at least 4 members (excludes halogenated alkanes) is 5. The highest BCUT2D eigenvalue weighted by molar-refractivity contribution is 4.91. The second kappa shape index (κ2) is 6.08. The number of aryl methyl sites for hydroxylation is 1. The summed E-state index contributed by atoms with van der Waals surface area (Å²) in [5.74, 6) is 0. The standard InChI is InChI=1S/C14H24N2O/c1-2-3-4-5-6-7-10-15-11-12-16(14(15)17)13-8-9-13/h11-13H,2-10H2,1H3. The van der Waals surface area contributed by atoms with Crippen LogP contribution in [0.3, 0.4) is 0 Å². The second-order valence-electron chi connectivity index (χ2n) is 5.18. The maximum atomic E-state index is 11.9. The zero-order valence-electron chi connectivity index (χ0n) is 10.9. The first-order chi connectivity index (χ1) is 8.33. The van der Waals surface area contributed by atoms with E-state index in [1.54, 1.807) is 0 Å². The van der Waals surface area contributed by atoms with Crippen molar-refractivity contribution in [3.8, 4) is 0 Å². The van der Waals surface area contributed by atoms with Gasteiger partial charge in [-0.15, -0.1) is 0 Å². The van der Waals surface area contributed by atoms with E-state index in [4.69, 9.17) is 0 Å². The van der Waals surface area contributed by atoms with Gasteiger partial charge < -0.3 is 0 Å². The summed E-state index contributed by atoms with van der Waals surface area (Å²) < 4.78 is 3.77. The predicted molar refractivity (Wildman–Crippen MR) is 70.3 cm³/mol. The van der Waals surface area contributed by atoms with Gasteiger partial charge in [-0.25, -0.2) is 4.79 Å². The molecule has 1 aromatic rings. The highest BCUT2D eigenvalue weighted by Gasteiger charge is 2.25. The van der Waals surface area contributed by atoms with E-state index >= 15 is 0 Å². The minimum absolute atomic E-state index is 0.195. The Morgan fingerprint density at radius 2 is 1.82 bits per heavy atom. The highest BCUT2D eigenvalue weighted by atomic mass is 16.1. The molecule has 1 aliphatic rings. The van der Waals surface area contributed by atoms with E-state index in [0.29, 0.717) is 6.04 Å². The lowest BCUT2D eigenvalue weighted by atomic mass is 10.1.